The SMILES string of the molecule is COC(=O)COc1c([N+](=O)[O-])cc([N+](=O)[O-])c(C)c1C. The van der Waals surface area contributed by atoms with Gasteiger partial charge in [0.15, 0.2) is 6.61 Å². The molecule has 0 N–H and O–H groups in total. The number of hydrogen-bond donors (Lipinski definition) is 0. The fraction of sp³-hybridized carbons (Fsp3) is 0.364. The van der Waals surface area contributed by atoms with Crippen LogP contribution in [0.1, 0.15) is 11.1 Å². The minimum absolute atomic E-state index is 0.177. The lowest BCUT2D eigenvalue weighted by molar-refractivity contribution is -0.395. The number of nitrogens with zero attached hydrogens (tertiary/aromatic N) is 2. The zero-order valence-electron chi connectivity index (χ0n) is 11.0. The molecule has 1 aromatic carbocycles. The second kappa shape index (κ2) is 5.95. The molecule has 0 aliphatic carbocycles. The molecule has 0 atom stereocenters. The van der Waals surface area contributed by atoms with Crippen LogP contribution in [0.3, 0.4) is 0 Å². The van der Waals surface area contributed by atoms with Gasteiger partial charge in [-0.2, -0.15) is 0 Å². The van der Waals surface area contributed by atoms with Crippen LogP contribution in [0.25, 0.3) is 0 Å². The maximum atomic E-state index is 11.0. The molecule has 0 saturated carbocycles. The number of ether oxygens (including phenoxy) is 2. The highest BCUT2D eigenvalue weighted by Gasteiger charge is 2.27. The number of nitro benzene ring substituents is 2. The summed E-state index contributed by atoms with van der Waals surface area (Å²) in [6.45, 7) is 2.37. The first-order chi connectivity index (χ1) is 9.29. The van der Waals surface area contributed by atoms with Gasteiger partial charge >= 0.3 is 11.7 Å². The van der Waals surface area contributed by atoms with E-state index in [4.69, 9.17) is 4.74 Å². The average molecular weight is 284 g/mol. The predicted octanol–water partition coefficient (Wildman–Crippen LogP) is 1.67. The monoisotopic (exact) mass is 284 g/mol. The Hall–Kier alpha value is -2.71. The maximum absolute atomic E-state index is 11.0. The molecule has 0 spiro atoms. The normalized spacial score (nSPS) is 9.95. The number of carbonyl (C=O) groups excluding carboxylic acids is 1. The Labute approximate surface area is 113 Å². The molecule has 1 rings (SSSR count). The van der Waals surface area contributed by atoms with Crippen molar-refractivity contribution in [1.82, 2.24) is 0 Å². The number of carbonyl (C=O) groups is 1. The molecule has 0 unspecified atom stereocenters. The summed E-state index contributed by atoms with van der Waals surface area (Å²) >= 11 is 0. The number of benzene rings is 1. The molecule has 0 aromatic heterocycles. The van der Waals surface area contributed by atoms with Crippen molar-refractivity contribution in [2.24, 2.45) is 0 Å². The Kier molecular flexibility index (Phi) is 4.57. The first kappa shape index (κ1) is 15.3. The topological polar surface area (TPSA) is 122 Å². The average Bonchev–Trinajstić information content (AvgIpc) is 2.38. The zero-order chi connectivity index (χ0) is 15.4. The van der Waals surface area contributed by atoms with Crippen LogP contribution < -0.4 is 4.74 Å². The quantitative estimate of drug-likeness (QED) is 0.457. The van der Waals surface area contributed by atoms with Gasteiger partial charge in [0.05, 0.1) is 23.0 Å². The summed E-state index contributed by atoms with van der Waals surface area (Å²) in [6.07, 6.45) is 0. The van der Waals surface area contributed by atoms with Crippen molar-refractivity contribution in [2.75, 3.05) is 13.7 Å². The lowest BCUT2D eigenvalue weighted by atomic mass is 10.1. The molecule has 108 valence electrons. The van der Waals surface area contributed by atoms with Crippen LogP contribution in [-0.2, 0) is 9.53 Å². The molecule has 0 heterocycles. The number of hydrogen-bond acceptors (Lipinski definition) is 7. The molecule has 0 saturated heterocycles. The fourth-order valence-electron chi connectivity index (χ4n) is 1.56. The largest absolute Gasteiger partial charge is 0.475 e. The Morgan fingerprint density at radius 1 is 1.15 bits per heavy atom. The highest BCUT2D eigenvalue weighted by Crippen LogP contribution is 2.38. The second-order valence-electron chi connectivity index (χ2n) is 3.87. The van der Waals surface area contributed by atoms with E-state index in [9.17, 15) is 25.0 Å². The van der Waals surface area contributed by atoms with Crippen LogP contribution in [0.2, 0.25) is 0 Å². The summed E-state index contributed by atoms with van der Waals surface area (Å²) in [6, 6.07) is 0.814. The van der Waals surface area contributed by atoms with Gasteiger partial charge in [-0.1, -0.05) is 0 Å². The lowest BCUT2D eigenvalue weighted by Crippen LogP contribution is -2.14. The third kappa shape index (κ3) is 2.99. The van der Waals surface area contributed by atoms with Crippen LogP contribution >= 0.6 is 0 Å². The van der Waals surface area contributed by atoms with E-state index in [-0.39, 0.29) is 22.6 Å². The van der Waals surface area contributed by atoms with Gasteiger partial charge in [0, 0.05) is 11.1 Å². The molecule has 1 aromatic rings. The number of nitro groups is 2. The van der Waals surface area contributed by atoms with E-state index in [1.54, 1.807) is 0 Å². The van der Waals surface area contributed by atoms with E-state index in [1.807, 2.05) is 0 Å². The summed E-state index contributed by atoms with van der Waals surface area (Å²) in [4.78, 5) is 31.3. The summed E-state index contributed by atoms with van der Waals surface area (Å²) < 4.78 is 9.42. The van der Waals surface area contributed by atoms with E-state index >= 15 is 0 Å². The third-order valence-electron chi connectivity index (χ3n) is 2.75. The van der Waals surface area contributed by atoms with Crippen molar-refractivity contribution in [3.8, 4) is 5.75 Å². The Bertz CT molecular complexity index is 583. The van der Waals surface area contributed by atoms with Crippen LogP contribution in [0.4, 0.5) is 11.4 Å². The molecule has 9 heteroatoms. The zero-order valence-corrected chi connectivity index (χ0v) is 11.0. The molecule has 0 aliphatic rings. The van der Waals surface area contributed by atoms with Gasteiger partial charge in [-0.3, -0.25) is 20.2 Å². The molecule has 20 heavy (non-hydrogen) atoms. The molecule has 0 aliphatic heterocycles. The van der Waals surface area contributed by atoms with E-state index in [0.717, 1.165) is 13.2 Å². The third-order valence-corrected chi connectivity index (χ3v) is 2.75. The number of methoxy groups -OCH3 is 1. The predicted molar refractivity (Wildman–Crippen MR) is 66.7 cm³/mol. The molecule has 0 bridgehead atoms. The van der Waals surface area contributed by atoms with E-state index in [0.29, 0.717) is 0 Å². The van der Waals surface area contributed by atoms with Crippen molar-refractivity contribution in [3.05, 3.63) is 37.4 Å². The van der Waals surface area contributed by atoms with Gasteiger partial charge < -0.3 is 9.47 Å². The van der Waals surface area contributed by atoms with Crippen molar-refractivity contribution in [2.45, 2.75) is 13.8 Å². The standard InChI is InChI=1S/C11H12N2O7/c1-6-7(2)11(20-5-10(14)19-3)9(13(17)18)4-8(6)12(15)16/h4H,5H2,1-3H3. The highest BCUT2D eigenvalue weighted by atomic mass is 16.6. The minimum atomic E-state index is -0.800. The molecular formula is C11H12N2O7. The molecule has 9 nitrogen and oxygen atoms in total. The van der Waals surface area contributed by atoms with E-state index < -0.39 is 28.1 Å². The summed E-state index contributed by atoms with van der Waals surface area (Å²) in [5.74, 6) is -0.891. The highest BCUT2D eigenvalue weighted by molar-refractivity contribution is 5.71. The van der Waals surface area contributed by atoms with Gasteiger partial charge in [-0.05, 0) is 13.8 Å². The lowest BCUT2D eigenvalue weighted by Gasteiger charge is -2.10. The second-order valence-corrected chi connectivity index (χ2v) is 3.87. The maximum Gasteiger partial charge on any atom is 0.343 e. The molecular weight excluding hydrogens is 272 g/mol. The van der Waals surface area contributed by atoms with Gasteiger partial charge in [-0.15, -0.1) is 0 Å². The number of rotatable bonds is 5. The Morgan fingerprint density at radius 2 is 1.70 bits per heavy atom. The van der Waals surface area contributed by atoms with Crippen LogP contribution in [0.5, 0.6) is 5.75 Å². The molecule has 0 fully saturated rings. The summed E-state index contributed by atoms with van der Waals surface area (Å²) in [7, 11) is 1.15. The first-order valence-electron chi connectivity index (χ1n) is 5.42. The molecule has 0 amide bonds. The Balaban J connectivity index is 3.34. The van der Waals surface area contributed by atoms with Crippen LogP contribution in [0, 0.1) is 34.1 Å². The van der Waals surface area contributed by atoms with Crippen molar-refractivity contribution in [3.63, 3.8) is 0 Å². The van der Waals surface area contributed by atoms with E-state index in [2.05, 4.69) is 4.74 Å². The van der Waals surface area contributed by atoms with Crippen molar-refractivity contribution >= 4 is 17.3 Å². The smallest absolute Gasteiger partial charge is 0.343 e. The fourth-order valence-corrected chi connectivity index (χ4v) is 1.56. The van der Waals surface area contributed by atoms with Gasteiger partial charge in [-0.25, -0.2) is 4.79 Å². The first-order valence-corrected chi connectivity index (χ1v) is 5.42. The number of esters is 1. The van der Waals surface area contributed by atoms with Crippen molar-refractivity contribution < 1.29 is 24.1 Å². The van der Waals surface area contributed by atoms with E-state index in [1.165, 1.54) is 13.8 Å². The summed E-state index contributed by atoms with van der Waals surface area (Å²) in [5.41, 5.74) is -0.474. The summed E-state index contributed by atoms with van der Waals surface area (Å²) in [5, 5.41) is 21.8. The van der Waals surface area contributed by atoms with Crippen LogP contribution in [0.15, 0.2) is 6.07 Å². The van der Waals surface area contributed by atoms with Gasteiger partial charge in [0.25, 0.3) is 5.69 Å². The van der Waals surface area contributed by atoms with Gasteiger partial charge in [0.1, 0.15) is 0 Å². The Morgan fingerprint density at radius 3 is 2.15 bits per heavy atom. The minimum Gasteiger partial charge on any atom is -0.475 e. The molecule has 0 radical (unpaired) electrons. The van der Waals surface area contributed by atoms with Gasteiger partial charge in [0.2, 0.25) is 5.75 Å². The van der Waals surface area contributed by atoms with Crippen molar-refractivity contribution in [1.29, 1.82) is 0 Å². The van der Waals surface area contributed by atoms with Crippen LogP contribution in [-0.4, -0.2) is 29.5 Å².